The highest BCUT2D eigenvalue weighted by molar-refractivity contribution is 7.90. The lowest BCUT2D eigenvalue weighted by atomic mass is 10.2. The maximum atomic E-state index is 13.1. The largest absolute Gasteiger partial charge is 0.444 e. The van der Waals surface area contributed by atoms with E-state index in [0.29, 0.717) is 29.7 Å². The molecule has 0 spiro atoms. The van der Waals surface area contributed by atoms with E-state index >= 15 is 0 Å². The molecule has 3 heterocycles. The third kappa shape index (κ3) is 4.07. The van der Waals surface area contributed by atoms with Gasteiger partial charge in [0, 0.05) is 6.54 Å². The van der Waals surface area contributed by atoms with Gasteiger partial charge in [-0.2, -0.15) is 13.5 Å². The zero-order chi connectivity index (χ0) is 23.1. The van der Waals surface area contributed by atoms with Crippen molar-refractivity contribution in [3.63, 3.8) is 0 Å². The summed E-state index contributed by atoms with van der Waals surface area (Å²) in [6.45, 7) is 5.99. The van der Waals surface area contributed by atoms with E-state index in [1.54, 1.807) is 23.1 Å². The molecule has 1 aromatic carbocycles. The van der Waals surface area contributed by atoms with Crippen molar-refractivity contribution >= 4 is 38.5 Å². The standard InChI is InChI=1S/C21H26N6O4S/c1-21(2,3)31-20(28)26-11-7-10-17(26)25-18-15-12-24-27(19(15)23-13-16(18)22)32(29,30)14-8-5-4-6-9-14/h4-6,8-9,12-13,17H,7,10-11,22H2,1-3H3,(H,23,25). The summed E-state index contributed by atoms with van der Waals surface area (Å²) >= 11 is 0. The minimum atomic E-state index is -3.93. The number of hydrogen-bond acceptors (Lipinski definition) is 8. The molecular weight excluding hydrogens is 432 g/mol. The molecular formula is C21H26N6O4S. The van der Waals surface area contributed by atoms with Gasteiger partial charge >= 0.3 is 6.09 Å². The number of hydrogen-bond donors (Lipinski definition) is 2. The van der Waals surface area contributed by atoms with E-state index in [-0.39, 0.29) is 16.7 Å². The fourth-order valence-corrected chi connectivity index (χ4v) is 4.87. The molecule has 1 amide bonds. The Hall–Kier alpha value is -3.34. The van der Waals surface area contributed by atoms with Crippen LogP contribution in [0.3, 0.4) is 0 Å². The molecule has 0 aliphatic carbocycles. The van der Waals surface area contributed by atoms with Gasteiger partial charge in [-0.3, -0.25) is 4.90 Å². The summed E-state index contributed by atoms with van der Waals surface area (Å²) in [5, 5.41) is 7.82. The lowest BCUT2D eigenvalue weighted by Crippen LogP contribution is -2.43. The molecule has 3 N–H and O–H groups in total. The lowest BCUT2D eigenvalue weighted by Gasteiger charge is -2.29. The van der Waals surface area contributed by atoms with Gasteiger partial charge in [-0.05, 0) is 45.7 Å². The molecule has 10 nitrogen and oxygen atoms in total. The van der Waals surface area contributed by atoms with Gasteiger partial charge in [0.2, 0.25) is 0 Å². The monoisotopic (exact) mass is 458 g/mol. The Labute approximate surface area is 186 Å². The van der Waals surface area contributed by atoms with Crippen molar-refractivity contribution in [3.05, 3.63) is 42.7 Å². The fraction of sp³-hybridized carbons (Fsp3) is 0.381. The number of nitrogens with one attached hydrogen (secondary N) is 1. The van der Waals surface area contributed by atoms with Gasteiger partial charge in [0.05, 0.1) is 34.1 Å². The van der Waals surface area contributed by atoms with E-state index in [0.717, 1.165) is 10.5 Å². The molecule has 1 unspecified atom stereocenters. The molecule has 11 heteroatoms. The number of carbonyl (C=O) groups is 1. The molecule has 2 aromatic heterocycles. The summed E-state index contributed by atoms with van der Waals surface area (Å²) in [5.41, 5.74) is 6.51. The Morgan fingerprint density at radius 1 is 1.22 bits per heavy atom. The van der Waals surface area contributed by atoms with Crippen LogP contribution in [0.4, 0.5) is 16.2 Å². The minimum absolute atomic E-state index is 0.102. The van der Waals surface area contributed by atoms with Crippen molar-refractivity contribution in [2.75, 3.05) is 17.6 Å². The number of rotatable bonds is 4. The first kappa shape index (κ1) is 21.9. The molecule has 1 aliphatic rings. The Kier molecular flexibility index (Phi) is 5.45. The van der Waals surface area contributed by atoms with Gasteiger partial charge in [0.25, 0.3) is 10.0 Å². The topological polar surface area (TPSA) is 132 Å². The van der Waals surface area contributed by atoms with Crippen molar-refractivity contribution in [2.24, 2.45) is 0 Å². The molecule has 0 radical (unpaired) electrons. The second kappa shape index (κ2) is 7.97. The fourth-order valence-electron chi connectivity index (χ4n) is 3.62. The Balaban J connectivity index is 1.69. The number of nitrogens with zero attached hydrogens (tertiary/aromatic N) is 4. The summed E-state index contributed by atoms with van der Waals surface area (Å²) in [4.78, 5) is 18.6. The summed E-state index contributed by atoms with van der Waals surface area (Å²) in [6.07, 6.45) is 3.52. The van der Waals surface area contributed by atoms with Crippen LogP contribution in [0.25, 0.3) is 11.0 Å². The quantitative estimate of drug-likeness (QED) is 0.610. The SMILES string of the molecule is CC(C)(C)OC(=O)N1CCCC1Nc1c(N)cnc2c1cnn2S(=O)(=O)c1ccccc1. The van der Waals surface area contributed by atoms with Crippen molar-refractivity contribution in [1.29, 1.82) is 0 Å². The maximum Gasteiger partial charge on any atom is 0.411 e. The first-order chi connectivity index (χ1) is 15.1. The summed E-state index contributed by atoms with van der Waals surface area (Å²) in [5.74, 6) is 0. The van der Waals surface area contributed by atoms with E-state index in [1.165, 1.54) is 24.5 Å². The number of amides is 1. The number of nitrogens with two attached hydrogens (primary N) is 1. The summed E-state index contributed by atoms with van der Waals surface area (Å²) in [6, 6.07) is 8.01. The number of aromatic nitrogens is 3. The van der Waals surface area contributed by atoms with Gasteiger partial charge < -0.3 is 15.8 Å². The van der Waals surface area contributed by atoms with Crippen LogP contribution in [-0.4, -0.2) is 51.9 Å². The molecule has 1 atom stereocenters. The molecule has 1 fully saturated rings. The van der Waals surface area contributed by atoms with E-state index in [2.05, 4.69) is 15.4 Å². The van der Waals surface area contributed by atoms with Crippen molar-refractivity contribution in [1.82, 2.24) is 19.1 Å². The number of nitrogen functional groups attached to an aromatic ring is 1. The van der Waals surface area contributed by atoms with Gasteiger partial charge in [0.1, 0.15) is 11.8 Å². The van der Waals surface area contributed by atoms with Gasteiger partial charge in [-0.15, -0.1) is 4.09 Å². The third-order valence-electron chi connectivity index (χ3n) is 5.06. The van der Waals surface area contributed by atoms with Gasteiger partial charge in [-0.25, -0.2) is 9.78 Å². The lowest BCUT2D eigenvalue weighted by molar-refractivity contribution is 0.0244. The summed E-state index contributed by atoms with van der Waals surface area (Å²) < 4.78 is 32.5. The normalized spacial score (nSPS) is 17.0. The molecule has 3 aromatic rings. The molecule has 32 heavy (non-hydrogen) atoms. The molecule has 1 aliphatic heterocycles. The number of likely N-dealkylation sites (tertiary alicyclic amines) is 1. The number of fused-ring (bicyclic) bond motifs is 1. The van der Waals surface area contributed by atoms with Crippen LogP contribution in [0.15, 0.2) is 47.6 Å². The Morgan fingerprint density at radius 2 is 1.94 bits per heavy atom. The number of ether oxygens (including phenoxy) is 1. The van der Waals surface area contributed by atoms with Crippen LogP contribution in [-0.2, 0) is 14.8 Å². The van der Waals surface area contributed by atoms with Crippen LogP contribution in [0.1, 0.15) is 33.6 Å². The Bertz CT molecular complexity index is 1250. The zero-order valence-corrected chi connectivity index (χ0v) is 19.0. The van der Waals surface area contributed by atoms with Crippen LogP contribution in [0.5, 0.6) is 0 Å². The van der Waals surface area contributed by atoms with E-state index < -0.39 is 21.7 Å². The van der Waals surface area contributed by atoms with Gasteiger partial charge in [0.15, 0.2) is 5.65 Å². The van der Waals surface area contributed by atoms with Crippen molar-refractivity contribution in [2.45, 2.75) is 50.3 Å². The minimum Gasteiger partial charge on any atom is -0.444 e. The van der Waals surface area contributed by atoms with Crippen molar-refractivity contribution < 1.29 is 17.9 Å². The average Bonchev–Trinajstić information content (AvgIpc) is 3.37. The molecule has 0 saturated carbocycles. The zero-order valence-electron chi connectivity index (χ0n) is 18.1. The smallest absolute Gasteiger partial charge is 0.411 e. The number of anilines is 2. The highest BCUT2D eigenvalue weighted by Gasteiger charge is 2.33. The van der Waals surface area contributed by atoms with Gasteiger partial charge in [-0.1, -0.05) is 18.2 Å². The number of pyridine rings is 1. The Morgan fingerprint density at radius 3 is 2.62 bits per heavy atom. The second-order valence-corrected chi connectivity index (χ2v) is 10.4. The molecule has 1 saturated heterocycles. The highest BCUT2D eigenvalue weighted by Crippen LogP contribution is 2.32. The predicted molar refractivity (Wildman–Crippen MR) is 121 cm³/mol. The van der Waals surface area contributed by atoms with E-state index in [4.69, 9.17) is 10.5 Å². The first-order valence-electron chi connectivity index (χ1n) is 10.3. The average molecular weight is 459 g/mol. The van der Waals surface area contributed by atoms with E-state index in [9.17, 15) is 13.2 Å². The molecule has 0 bridgehead atoms. The third-order valence-corrected chi connectivity index (χ3v) is 6.65. The van der Waals surface area contributed by atoms with Crippen LogP contribution in [0, 0.1) is 0 Å². The van der Waals surface area contributed by atoms with Crippen molar-refractivity contribution in [3.8, 4) is 0 Å². The maximum absolute atomic E-state index is 13.1. The summed E-state index contributed by atoms with van der Waals surface area (Å²) in [7, 11) is -3.93. The number of carbonyl (C=O) groups excluding carboxylic acids is 1. The molecule has 4 rings (SSSR count). The number of benzene rings is 1. The van der Waals surface area contributed by atoms with Crippen LogP contribution >= 0.6 is 0 Å². The van der Waals surface area contributed by atoms with E-state index in [1.807, 2.05) is 20.8 Å². The second-order valence-electron chi connectivity index (χ2n) is 8.61. The van der Waals surface area contributed by atoms with Crippen LogP contribution < -0.4 is 11.1 Å². The predicted octanol–water partition coefficient (Wildman–Crippen LogP) is 3.02. The molecule has 170 valence electrons. The highest BCUT2D eigenvalue weighted by atomic mass is 32.2. The first-order valence-corrected chi connectivity index (χ1v) is 11.7. The van der Waals surface area contributed by atoms with Crippen LogP contribution in [0.2, 0.25) is 0 Å².